The van der Waals surface area contributed by atoms with E-state index in [1.165, 1.54) is 0 Å². The number of amides is 1. The molecule has 1 amide bonds. The van der Waals surface area contributed by atoms with Crippen molar-refractivity contribution >= 4 is 5.91 Å². The fourth-order valence-corrected chi connectivity index (χ4v) is 2.99. The summed E-state index contributed by atoms with van der Waals surface area (Å²) in [6.45, 7) is 9.42. The van der Waals surface area contributed by atoms with Crippen LogP contribution in [-0.2, 0) is 24.2 Å². The van der Waals surface area contributed by atoms with Gasteiger partial charge in [0.2, 0.25) is 5.91 Å². The molecular weight excluding hydrogens is 304 g/mol. The molecule has 6 nitrogen and oxygen atoms in total. The molecule has 3 rings (SSSR count). The van der Waals surface area contributed by atoms with Crippen LogP contribution in [0.5, 0.6) is 0 Å². The van der Waals surface area contributed by atoms with Crippen molar-refractivity contribution in [2.75, 3.05) is 6.54 Å². The fourth-order valence-electron chi connectivity index (χ4n) is 2.99. The van der Waals surface area contributed by atoms with Gasteiger partial charge in [0.05, 0.1) is 12.2 Å². The molecule has 0 saturated heterocycles. The Kier molecular flexibility index (Phi) is 4.73. The van der Waals surface area contributed by atoms with Crippen LogP contribution in [0.2, 0.25) is 0 Å². The van der Waals surface area contributed by atoms with E-state index in [1.54, 1.807) is 4.68 Å². The topological polar surface area (TPSA) is 64.2 Å². The van der Waals surface area contributed by atoms with Gasteiger partial charge in [-0.3, -0.25) is 9.48 Å². The smallest absolute Gasteiger partial charge is 0.247 e. The van der Waals surface area contributed by atoms with E-state index >= 15 is 0 Å². The van der Waals surface area contributed by atoms with Crippen molar-refractivity contribution in [3.63, 3.8) is 0 Å². The van der Waals surface area contributed by atoms with E-state index in [4.69, 9.17) is 4.42 Å². The van der Waals surface area contributed by atoms with Crippen LogP contribution in [0.1, 0.15) is 56.3 Å². The third kappa shape index (κ3) is 3.52. The van der Waals surface area contributed by atoms with E-state index in [0.29, 0.717) is 19.0 Å². The first-order chi connectivity index (χ1) is 11.4. The van der Waals surface area contributed by atoms with Crippen LogP contribution in [0, 0.1) is 12.8 Å². The van der Waals surface area contributed by atoms with E-state index in [-0.39, 0.29) is 11.9 Å². The lowest BCUT2D eigenvalue weighted by Gasteiger charge is -2.28. The molecule has 1 unspecified atom stereocenters. The number of aryl methyl sites for hydroxylation is 2. The van der Waals surface area contributed by atoms with Gasteiger partial charge in [0, 0.05) is 25.6 Å². The highest BCUT2D eigenvalue weighted by atomic mass is 16.4. The normalized spacial score (nSPS) is 15.6. The van der Waals surface area contributed by atoms with Gasteiger partial charge < -0.3 is 9.32 Å². The molecule has 3 heterocycles. The molecule has 0 radical (unpaired) electrons. The highest BCUT2D eigenvalue weighted by Gasteiger charge is 2.29. The van der Waals surface area contributed by atoms with Gasteiger partial charge in [-0.15, -0.1) is 0 Å². The molecule has 1 aliphatic heterocycles. The summed E-state index contributed by atoms with van der Waals surface area (Å²) in [6, 6.07) is 1.61. The third-order valence-corrected chi connectivity index (χ3v) is 4.52. The summed E-state index contributed by atoms with van der Waals surface area (Å²) in [7, 11) is 0. The lowest BCUT2D eigenvalue weighted by atomic mass is 10.1. The van der Waals surface area contributed by atoms with Gasteiger partial charge in [0.1, 0.15) is 17.5 Å². The molecule has 0 N–H and O–H groups in total. The predicted octanol–water partition coefficient (Wildman–Crippen LogP) is 2.91. The maximum Gasteiger partial charge on any atom is 0.247 e. The van der Waals surface area contributed by atoms with E-state index in [1.807, 2.05) is 31.0 Å². The molecule has 24 heavy (non-hydrogen) atoms. The van der Waals surface area contributed by atoms with Crippen LogP contribution in [-0.4, -0.2) is 32.1 Å². The molecule has 0 aliphatic carbocycles. The first-order valence-electron chi connectivity index (χ1n) is 8.72. The molecule has 2 aromatic heterocycles. The lowest BCUT2D eigenvalue weighted by Crippen LogP contribution is -2.39. The Hall–Kier alpha value is -2.11. The van der Waals surface area contributed by atoms with Crippen molar-refractivity contribution in [3.05, 3.63) is 35.3 Å². The average molecular weight is 330 g/mol. The Morgan fingerprint density at radius 1 is 1.38 bits per heavy atom. The second-order valence-corrected chi connectivity index (χ2v) is 7.03. The molecule has 0 aromatic carbocycles. The lowest BCUT2D eigenvalue weighted by molar-refractivity contribution is -0.135. The number of hydrogen-bond donors (Lipinski definition) is 0. The summed E-state index contributed by atoms with van der Waals surface area (Å²) < 4.78 is 7.59. The van der Waals surface area contributed by atoms with Crippen LogP contribution < -0.4 is 0 Å². The summed E-state index contributed by atoms with van der Waals surface area (Å²) in [5.74, 6) is 2.46. The number of carbonyl (C=O) groups is 1. The van der Waals surface area contributed by atoms with E-state index in [9.17, 15) is 4.79 Å². The molecule has 0 fully saturated rings. The molecule has 1 aliphatic rings. The number of aromatic nitrogens is 3. The Bertz CT molecular complexity index is 716. The minimum atomic E-state index is -0.299. The summed E-state index contributed by atoms with van der Waals surface area (Å²) in [4.78, 5) is 19.2. The van der Waals surface area contributed by atoms with Crippen LogP contribution in [0.3, 0.4) is 0 Å². The molecule has 1 atom stereocenters. The van der Waals surface area contributed by atoms with Gasteiger partial charge in [-0.2, -0.15) is 5.10 Å². The number of hydrogen-bond acceptors (Lipinski definition) is 4. The van der Waals surface area contributed by atoms with Crippen LogP contribution in [0.4, 0.5) is 0 Å². The second kappa shape index (κ2) is 6.79. The fraction of sp³-hybridized carbons (Fsp3) is 0.611. The number of oxazole rings is 1. The van der Waals surface area contributed by atoms with Crippen molar-refractivity contribution in [1.29, 1.82) is 0 Å². The third-order valence-electron chi connectivity index (χ3n) is 4.52. The van der Waals surface area contributed by atoms with Crippen molar-refractivity contribution < 1.29 is 9.21 Å². The molecule has 0 bridgehead atoms. The molecular formula is C18H26N4O2. The zero-order valence-corrected chi connectivity index (χ0v) is 15.0. The molecule has 130 valence electrons. The maximum atomic E-state index is 12.7. The Balaban J connectivity index is 1.67. The first kappa shape index (κ1) is 16.7. The Labute approximate surface area is 142 Å². The molecule has 0 saturated carbocycles. The maximum absolute atomic E-state index is 12.7. The quantitative estimate of drug-likeness (QED) is 0.845. The van der Waals surface area contributed by atoms with Crippen LogP contribution >= 0.6 is 0 Å². The summed E-state index contributed by atoms with van der Waals surface area (Å²) in [5.41, 5.74) is 1.83. The van der Waals surface area contributed by atoms with Gasteiger partial charge in [0.25, 0.3) is 0 Å². The SMILES string of the molecule is Cc1ccn(C(C)C(=O)N2CCc3oc(CCC(C)C)nc3C2)n1. The number of carbonyl (C=O) groups excluding carboxylic acids is 1. The predicted molar refractivity (Wildman–Crippen MR) is 90.5 cm³/mol. The summed E-state index contributed by atoms with van der Waals surface area (Å²) >= 11 is 0. The number of rotatable bonds is 5. The minimum absolute atomic E-state index is 0.0791. The average Bonchev–Trinajstić information content (AvgIpc) is 3.16. The molecule has 0 spiro atoms. The number of fused-ring (bicyclic) bond motifs is 1. The van der Waals surface area contributed by atoms with Crippen LogP contribution in [0.15, 0.2) is 16.7 Å². The van der Waals surface area contributed by atoms with Gasteiger partial charge in [-0.25, -0.2) is 4.98 Å². The van der Waals surface area contributed by atoms with Gasteiger partial charge >= 0.3 is 0 Å². The largest absolute Gasteiger partial charge is 0.445 e. The van der Waals surface area contributed by atoms with E-state index in [2.05, 4.69) is 23.9 Å². The summed E-state index contributed by atoms with van der Waals surface area (Å²) in [6.07, 6.45) is 4.52. The van der Waals surface area contributed by atoms with Gasteiger partial charge in [-0.05, 0) is 32.3 Å². The van der Waals surface area contributed by atoms with Gasteiger partial charge in [-0.1, -0.05) is 13.8 Å². The van der Waals surface area contributed by atoms with E-state index < -0.39 is 0 Å². The summed E-state index contributed by atoms with van der Waals surface area (Å²) in [5, 5.41) is 4.35. The Morgan fingerprint density at radius 2 is 2.17 bits per heavy atom. The standard InChI is InChI=1S/C18H26N4O2/c1-12(2)5-6-17-19-15-11-21(9-8-16(15)24-17)18(23)14(4)22-10-7-13(3)20-22/h7,10,12,14H,5-6,8-9,11H2,1-4H3. The molecule has 6 heteroatoms. The Morgan fingerprint density at radius 3 is 2.83 bits per heavy atom. The highest BCUT2D eigenvalue weighted by Crippen LogP contribution is 2.23. The van der Waals surface area contributed by atoms with Crippen molar-refractivity contribution in [2.24, 2.45) is 5.92 Å². The minimum Gasteiger partial charge on any atom is -0.445 e. The van der Waals surface area contributed by atoms with Crippen molar-refractivity contribution in [2.45, 2.75) is 59.5 Å². The first-order valence-corrected chi connectivity index (χ1v) is 8.72. The van der Waals surface area contributed by atoms with Crippen molar-refractivity contribution in [3.8, 4) is 0 Å². The highest BCUT2D eigenvalue weighted by molar-refractivity contribution is 5.80. The zero-order chi connectivity index (χ0) is 17.3. The second-order valence-electron chi connectivity index (χ2n) is 7.03. The molecule has 2 aromatic rings. The van der Waals surface area contributed by atoms with E-state index in [0.717, 1.165) is 42.3 Å². The monoisotopic (exact) mass is 330 g/mol. The van der Waals surface area contributed by atoms with Gasteiger partial charge in [0.15, 0.2) is 5.89 Å². The van der Waals surface area contributed by atoms with Crippen molar-refractivity contribution in [1.82, 2.24) is 19.7 Å². The number of nitrogens with zero attached hydrogens (tertiary/aromatic N) is 4. The van der Waals surface area contributed by atoms with Crippen LogP contribution in [0.25, 0.3) is 0 Å². The zero-order valence-electron chi connectivity index (χ0n) is 15.0.